The number of benzene rings is 1. The van der Waals surface area contributed by atoms with Gasteiger partial charge >= 0.3 is 0 Å². The van der Waals surface area contributed by atoms with Gasteiger partial charge in [0.1, 0.15) is 0 Å². The maximum Gasteiger partial charge on any atom is 0.254 e. The molecule has 1 fully saturated rings. The van der Waals surface area contributed by atoms with E-state index in [2.05, 4.69) is 4.90 Å². The molecule has 0 aliphatic carbocycles. The van der Waals surface area contributed by atoms with Crippen LogP contribution >= 0.6 is 12.2 Å². The van der Waals surface area contributed by atoms with Crippen LogP contribution in [0.1, 0.15) is 10.4 Å². The van der Waals surface area contributed by atoms with Gasteiger partial charge in [-0.15, -0.1) is 0 Å². The van der Waals surface area contributed by atoms with Gasteiger partial charge in [-0.3, -0.25) is 9.69 Å². The number of thiocarbonyl (C=S) groups is 1. The number of methoxy groups -OCH3 is 1. The molecule has 1 aliphatic heterocycles. The van der Waals surface area contributed by atoms with Gasteiger partial charge in [0.2, 0.25) is 0 Å². The van der Waals surface area contributed by atoms with Gasteiger partial charge in [-0.25, -0.2) is 4.39 Å². The number of ether oxygens (including phenoxy) is 1. The van der Waals surface area contributed by atoms with Gasteiger partial charge in [0, 0.05) is 38.3 Å². The van der Waals surface area contributed by atoms with Crippen molar-refractivity contribution in [1.82, 2.24) is 9.80 Å². The Labute approximate surface area is 128 Å². The van der Waals surface area contributed by atoms with Crippen molar-refractivity contribution < 1.29 is 13.9 Å². The second kappa shape index (κ2) is 6.82. The minimum atomic E-state index is -0.477. The number of hydrogen-bond donors (Lipinski definition) is 1. The largest absolute Gasteiger partial charge is 0.494 e. The molecule has 0 bridgehead atoms. The first-order valence-corrected chi connectivity index (χ1v) is 7.05. The minimum absolute atomic E-state index is 0.0768. The molecule has 2 N–H and O–H groups in total. The number of nitrogens with two attached hydrogens (primary N) is 1. The maximum absolute atomic E-state index is 13.4. The Morgan fingerprint density at radius 1 is 1.38 bits per heavy atom. The van der Waals surface area contributed by atoms with Crippen LogP contribution in [0.25, 0.3) is 0 Å². The molecular formula is C14H18FN3O2S. The fraction of sp³-hybridized carbons (Fsp3) is 0.429. The lowest BCUT2D eigenvalue weighted by Crippen LogP contribution is -2.50. The van der Waals surface area contributed by atoms with E-state index in [-0.39, 0.29) is 11.7 Å². The second-order valence-corrected chi connectivity index (χ2v) is 5.41. The van der Waals surface area contributed by atoms with Crippen LogP contribution < -0.4 is 10.5 Å². The SMILES string of the molecule is COc1cc(C(=O)N2CCN(CC(N)=S)CC2)ccc1F. The number of halogens is 1. The highest BCUT2D eigenvalue weighted by atomic mass is 32.1. The Kier molecular flexibility index (Phi) is 5.08. The van der Waals surface area contributed by atoms with E-state index >= 15 is 0 Å². The van der Waals surface area contributed by atoms with Crippen molar-refractivity contribution in [2.75, 3.05) is 39.8 Å². The Balaban J connectivity index is 2.00. The molecule has 2 rings (SSSR count). The summed E-state index contributed by atoms with van der Waals surface area (Å²) in [6, 6.07) is 4.15. The summed E-state index contributed by atoms with van der Waals surface area (Å²) in [6.45, 7) is 3.22. The standard InChI is InChI=1S/C14H18FN3O2S/c1-20-12-8-10(2-3-11(12)15)14(19)18-6-4-17(5-7-18)9-13(16)21/h2-3,8H,4-7,9H2,1H3,(H2,16,21). The summed E-state index contributed by atoms with van der Waals surface area (Å²) in [4.78, 5) is 16.7. The van der Waals surface area contributed by atoms with Crippen LogP contribution in [-0.4, -0.2) is 60.5 Å². The summed E-state index contributed by atoms with van der Waals surface area (Å²) >= 11 is 4.88. The lowest BCUT2D eigenvalue weighted by Gasteiger charge is -2.34. The zero-order valence-electron chi connectivity index (χ0n) is 11.8. The minimum Gasteiger partial charge on any atom is -0.494 e. The molecule has 7 heteroatoms. The van der Waals surface area contributed by atoms with E-state index in [0.717, 1.165) is 13.1 Å². The van der Waals surface area contributed by atoms with Crippen LogP contribution in [0.3, 0.4) is 0 Å². The van der Waals surface area contributed by atoms with E-state index in [1.165, 1.54) is 25.3 Å². The Morgan fingerprint density at radius 2 is 2.05 bits per heavy atom. The van der Waals surface area contributed by atoms with Crippen molar-refractivity contribution in [3.63, 3.8) is 0 Å². The van der Waals surface area contributed by atoms with Crippen molar-refractivity contribution in [3.05, 3.63) is 29.6 Å². The van der Waals surface area contributed by atoms with E-state index in [1.54, 1.807) is 4.90 Å². The molecule has 5 nitrogen and oxygen atoms in total. The van der Waals surface area contributed by atoms with Crippen molar-refractivity contribution in [2.45, 2.75) is 0 Å². The molecule has 0 unspecified atom stereocenters. The predicted molar refractivity (Wildman–Crippen MR) is 82.1 cm³/mol. The molecule has 1 amide bonds. The van der Waals surface area contributed by atoms with Gasteiger partial charge in [-0.2, -0.15) is 0 Å². The monoisotopic (exact) mass is 311 g/mol. The first-order valence-electron chi connectivity index (χ1n) is 6.64. The highest BCUT2D eigenvalue weighted by Gasteiger charge is 2.23. The molecule has 1 heterocycles. The number of carbonyl (C=O) groups is 1. The molecule has 1 saturated heterocycles. The number of nitrogens with zero attached hydrogens (tertiary/aromatic N) is 2. The van der Waals surface area contributed by atoms with Crippen LogP contribution in [0.5, 0.6) is 5.75 Å². The van der Waals surface area contributed by atoms with Gasteiger partial charge in [-0.1, -0.05) is 12.2 Å². The molecule has 114 valence electrons. The van der Waals surface area contributed by atoms with Crippen LogP contribution in [0.2, 0.25) is 0 Å². The molecule has 0 saturated carbocycles. The average molecular weight is 311 g/mol. The second-order valence-electron chi connectivity index (χ2n) is 4.88. The predicted octanol–water partition coefficient (Wildman–Crippen LogP) is 0.878. The topological polar surface area (TPSA) is 58.8 Å². The van der Waals surface area contributed by atoms with Crippen LogP contribution in [0.4, 0.5) is 4.39 Å². The fourth-order valence-electron chi connectivity index (χ4n) is 2.30. The highest BCUT2D eigenvalue weighted by Crippen LogP contribution is 2.19. The molecular weight excluding hydrogens is 293 g/mol. The number of amides is 1. The Morgan fingerprint density at radius 3 is 2.62 bits per heavy atom. The zero-order valence-corrected chi connectivity index (χ0v) is 12.7. The van der Waals surface area contributed by atoms with E-state index in [1.807, 2.05) is 0 Å². The summed E-state index contributed by atoms with van der Waals surface area (Å²) in [7, 11) is 1.38. The third-order valence-corrected chi connectivity index (χ3v) is 3.57. The average Bonchev–Trinajstić information content (AvgIpc) is 2.47. The summed E-state index contributed by atoms with van der Waals surface area (Å²) in [5.41, 5.74) is 5.94. The van der Waals surface area contributed by atoms with Crippen LogP contribution in [-0.2, 0) is 0 Å². The molecule has 0 spiro atoms. The highest BCUT2D eigenvalue weighted by molar-refractivity contribution is 7.80. The van der Waals surface area contributed by atoms with E-state index in [0.29, 0.717) is 30.2 Å². The number of carbonyl (C=O) groups excluding carboxylic acids is 1. The summed E-state index contributed by atoms with van der Waals surface area (Å²) < 4.78 is 18.3. The van der Waals surface area contributed by atoms with E-state index in [4.69, 9.17) is 22.7 Å². The Bertz CT molecular complexity index is 545. The zero-order chi connectivity index (χ0) is 15.4. The summed E-state index contributed by atoms with van der Waals surface area (Å²) in [5.74, 6) is -0.522. The summed E-state index contributed by atoms with van der Waals surface area (Å²) in [6.07, 6.45) is 0. The van der Waals surface area contributed by atoms with Crippen molar-refractivity contribution in [2.24, 2.45) is 5.73 Å². The van der Waals surface area contributed by atoms with Gasteiger partial charge in [0.05, 0.1) is 12.1 Å². The lowest BCUT2D eigenvalue weighted by molar-refractivity contribution is 0.0654. The van der Waals surface area contributed by atoms with Crippen LogP contribution in [0.15, 0.2) is 18.2 Å². The maximum atomic E-state index is 13.4. The van der Waals surface area contributed by atoms with Gasteiger partial charge in [-0.05, 0) is 18.2 Å². The van der Waals surface area contributed by atoms with E-state index in [9.17, 15) is 9.18 Å². The molecule has 1 aliphatic rings. The Hall–Kier alpha value is -1.73. The molecule has 1 aromatic rings. The smallest absolute Gasteiger partial charge is 0.254 e. The number of piperazine rings is 1. The third-order valence-electron chi connectivity index (χ3n) is 3.44. The quantitative estimate of drug-likeness (QED) is 0.837. The molecule has 0 atom stereocenters. The molecule has 1 aromatic carbocycles. The fourth-order valence-corrected chi connectivity index (χ4v) is 2.49. The van der Waals surface area contributed by atoms with E-state index < -0.39 is 5.82 Å². The first kappa shape index (κ1) is 15.7. The van der Waals surface area contributed by atoms with Crippen molar-refractivity contribution >= 4 is 23.1 Å². The van der Waals surface area contributed by atoms with Crippen molar-refractivity contribution in [3.8, 4) is 5.75 Å². The van der Waals surface area contributed by atoms with Gasteiger partial charge in [0.25, 0.3) is 5.91 Å². The van der Waals surface area contributed by atoms with Crippen LogP contribution in [0, 0.1) is 5.82 Å². The third kappa shape index (κ3) is 3.89. The first-order chi connectivity index (χ1) is 10.0. The lowest BCUT2D eigenvalue weighted by atomic mass is 10.1. The van der Waals surface area contributed by atoms with Gasteiger partial charge in [0.15, 0.2) is 11.6 Å². The van der Waals surface area contributed by atoms with Crippen molar-refractivity contribution in [1.29, 1.82) is 0 Å². The molecule has 0 radical (unpaired) electrons. The van der Waals surface area contributed by atoms with Gasteiger partial charge < -0.3 is 15.4 Å². The number of rotatable bonds is 4. The molecule has 0 aromatic heterocycles. The number of hydrogen-bond acceptors (Lipinski definition) is 4. The molecule has 21 heavy (non-hydrogen) atoms. The summed E-state index contributed by atoms with van der Waals surface area (Å²) in [5, 5.41) is 0. The normalized spacial score (nSPS) is 15.8.